The number of allylic oxidation sites excluding steroid dienone is 6. The third-order valence-corrected chi connectivity index (χ3v) is 12.5. The van der Waals surface area contributed by atoms with Gasteiger partial charge in [-0.2, -0.15) is 0 Å². The minimum atomic E-state index is -0.663. The molecule has 0 heterocycles. The van der Waals surface area contributed by atoms with E-state index in [0.717, 1.165) is 38.5 Å². The van der Waals surface area contributed by atoms with Crippen LogP contribution in [-0.4, -0.2) is 33.2 Å². The standard InChI is InChI=1S/3C20H38O2.Ho/c3*1-2-3-4-5-6-7-8-9-10-11-12-13-14-15-16-17-18-19-20(21)22;/h3*11-12H,2-10,13-19H2,1H3,(H,21,22);/b3*12-11-;. The summed E-state index contributed by atoms with van der Waals surface area (Å²) in [7, 11) is 0. The van der Waals surface area contributed by atoms with E-state index < -0.39 is 17.9 Å². The van der Waals surface area contributed by atoms with Gasteiger partial charge >= 0.3 is 17.9 Å². The Morgan fingerprint density at radius 3 is 0.522 bits per heavy atom. The van der Waals surface area contributed by atoms with Gasteiger partial charge in [-0.05, 0) is 96.3 Å². The van der Waals surface area contributed by atoms with Crippen molar-refractivity contribution < 1.29 is 67.4 Å². The summed E-state index contributed by atoms with van der Waals surface area (Å²) in [6, 6.07) is 0. The van der Waals surface area contributed by atoms with E-state index in [9.17, 15) is 14.4 Å². The Balaban J connectivity index is -0.000000441. The van der Waals surface area contributed by atoms with Crippen molar-refractivity contribution in [2.75, 3.05) is 0 Å². The van der Waals surface area contributed by atoms with Crippen molar-refractivity contribution in [2.24, 2.45) is 0 Å². The Kier molecular flexibility index (Phi) is 74.8. The van der Waals surface area contributed by atoms with E-state index in [2.05, 4.69) is 57.2 Å². The van der Waals surface area contributed by atoms with Gasteiger partial charge in [0.25, 0.3) is 0 Å². The summed E-state index contributed by atoms with van der Waals surface area (Å²) in [5, 5.41) is 25.6. The quantitative estimate of drug-likeness (QED) is 0.0318. The normalized spacial score (nSPS) is 11.1. The Labute approximate surface area is 447 Å². The molecule has 0 atom stereocenters. The van der Waals surface area contributed by atoms with Gasteiger partial charge in [0.05, 0.1) is 0 Å². The Bertz CT molecular complexity index is 911. The van der Waals surface area contributed by atoms with Crippen LogP contribution in [0.4, 0.5) is 0 Å². The molecular formula is C60H114HoO6. The number of unbranched alkanes of at least 4 members (excludes halogenated alkanes) is 39. The van der Waals surface area contributed by atoms with E-state index in [1.807, 2.05) is 0 Å². The Hall–Kier alpha value is -1.11. The summed E-state index contributed by atoms with van der Waals surface area (Å²) in [4.78, 5) is 31.1. The average Bonchev–Trinajstić information content (AvgIpc) is 3.29. The van der Waals surface area contributed by atoms with Crippen molar-refractivity contribution in [2.45, 2.75) is 329 Å². The first-order valence-corrected chi connectivity index (χ1v) is 28.9. The number of aliphatic carboxylic acids is 3. The molecule has 6 nitrogen and oxygen atoms in total. The van der Waals surface area contributed by atoms with Crippen LogP contribution in [0.25, 0.3) is 0 Å². The molecule has 7 heteroatoms. The fraction of sp³-hybridized carbons (Fsp3) is 0.850. The van der Waals surface area contributed by atoms with Crippen LogP contribution in [0.5, 0.6) is 0 Å². The number of carboxylic acids is 3. The van der Waals surface area contributed by atoms with Crippen molar-refractivity contribution in [3.05, 3.63) is 36.5 Å². The van der Waals surface area contributed by atoms with Crippen LogP contribution >= 0.6 is 0 Å². The molecule has 0 aromatic rings. The van der Waals surface area contributed by atoms with Crippen molar-refractivity contribution in [1.29, 1.82) is 0 Å². The molecule has 67 heavy (non-hydrogen) atoms. The number of carboxylic acid groups (broad SMARTS) is 3. The van der Waals surface area contributed by atoms with E-state index in [-0.39, 0.29) is 37.7 Å². The molecule has 0 amide bonds. The van der Waals surface area contributed by atoms with E-state index in [0.29, 0.717) is 19.3 Å². The fourth-order valence-corrected chi connectivity index (χ4v) is 8.10. The van der Waals surface area contributed by atoms with Gasteiger partial charge in [-0.3, -0.25) is 14.4 Å². The molecule has 0 aliphatic carbocycles. The summed E-state index contributed by atoms with van der Waals surface area (Å²) < 4.78 is 0. The van der Waals surface area contributed by atoms with Crippen LogP contribution in [0.2, 0.25) is 0 Å². The van der Waals surface area contributed by atoms with E-state index >= 15 is 0 Å². The van der Waals surface area contributed by atoms with Gasteiger partial charge in [-0.1, -0.05) is 250 Å². The van der Waals surface area contributed by atoms with Gasteiger partial charge in [0.2, 0.25) is 0 Å². The van der Waals surface area contributed by atoms with E-state index in [1.165, 1.54) is 250 Å². The van der Waals surface area contributed by atoms with Crippen molar-refractivity contribution >= 4 is 17.9 Å². The smallest absolute Gasteiger partial charge is 0.303 e. The maximum Gasteiger partial charge on any atom is 0.303 e. The second kappa shape index (κ2) is 69.2. The van der Waals surface area contributed by atoms with Gasteiger partial charge < -0.3 is 15.3 Å². The predicted octanol–water partition coefficient (Wildman–Crippen LogP) is 20.7. The summed E-state index contributed by atoms with van der Waals surface area (Å²) in [5.41, 5.74) is 0. The molecule has 0 aromatic heterocycles. The molecule has 0 saturated carbocycles. The average molecular weight is 1100 g/mol. The maximum absolute atomic E-state index is 10.4. The largest absolute Gasteiger partial charge is 0.481 e. The molecule has 0 spiro atoms. The van der Waals surface area contributed by atoms with Gasteiger partial charge in [0.1, 0.15) is 0 Å². The molecule has 1 radical (unpaired) electrons. The zero-order valence-corrected chi connectivity index (χ0v) is 46.7. The van der Waals surface area contributed by atoms with Crippen molar-refractivity contribution in [1.82, 2.24) is 0 Å². The molecule has 3 N–H and O–H groups in total. The molecule has 0 rings (SSSR count). The fourth-order valence-electron chi connectivity index (χ4n) is 8.10. The zero-order chi connectivity index (χ0) is 48.9. The van der Waals surface area contributed by atoms with Crippen LogP contribution in [0.15, 0.2) is 36.5 Å². The topological polar surface area (TPSA) is 112 Å². The molecule has 0 aliphatic rings. The third kappa shape index (κ3) is 82.2. The monoisotopic (exact) mass is 1100 g/mol. The van der Waals surface area contributed by atoms with Crippen LogP contribution in [0.3, 0.4) is 0 Å². The maximum atomic E-state index is 10.4. The van der Waals surface area contributed by atoms with Gasteiger partial charge in [-0.25, -0.2) is 0 Å². The molecular weight excluding hydrogens is 982 g/mol. The van der Waals surface area contributed by atoms with Crippen LogP contribution < -0.4 is 0 Å². The molecule has 401 valence electrons. The number of hydrogen-bond acceptors (Lipinski definition) is 3. The van der Waals surface area contributed by atoms with Crippen molar-refractivity contribution in [3.63, 3.8) is 0 Å². The second-order valence-electron chi connectivity index (χ2n) is 19.3. The van der Waals surface area contributed by atoms with E-state index in [1.54, 1.807) is 0 Å². The van der Waals surface area contributed by atoms with Crippen LogP contribution in [0, 0.1) is 37.7 Å². The van der Waals surface area contributed by atoms with Crippen LogP contribution in [-0.2, 0) is 14.4 Å². The predicted molar refractivity (Wildman–Crippen MR) is 289 cm³/mol. The second-order valence-corrected chi connectivity index (χ2v) is 19.3. The minimum absolute atomic E-state index is 0. The molecule has 0 saturated heterocycles. The Morgan fingerprint density at radius 2 is 0.373 bits per heavy atom. The first kappa shape index (κ1) is 72.4. The van der Waals surface area contributed by atoms with Gasteiger partial charge in [0.15, 0.2) is 0 Å². The minimum Gasteiger partial charge on any atom is -0.481 e. The number of rotatable bonds is 51. The van der Waals surface area contributed by atoms with Crippen molar-refractivity contribution in [3.8, 4) is 0 Å². The first-order chi connectivity index (χ1) is 32.3. The number of carbonyl (C=O) groups is 3. The summed E-state index contributed by atoms with van der Waals surface area (Å²) in [6.45, 7) is 6.81. The van der Waals surface area contributed by atoms with Gasteiger partial charge in [-0.15, -0.1) is 0 Å². The summed E-state index contributed by atoms with van der Waals surface area (Å²) >= 11 is 0. The summed E-state index contributed by atoms with van der Waals surface area (Å²) in [6.07, 6.45) is 72.5. The zero-order valence-electron chi connectivity index (χ0n) is 44.8. The third-order valence-electron chi connectivity index (χ3n) is 12.5. The Morgan fingerprint density at radius 1 is 0.239 bits per heavy atom. The first-order valence-electron chi connectivity index (χ1n) is 28.9. The van der Waals surface area contributed by atoms with Crippen LogP contribution in [0.1, 0.15) is 329 Å². The molecule has 0 aromatic carbocycles. The summed E-state index contributed by atoms with van der Waals surface area (Å²) in [5.74, 6) is -1.99. The van der Waals surface area contributed by atoms with E-state index in [4.69, 9.17) is 15.3 Å². The number of hydrogen-bond donors (Lipinski definition) is 3. The molecule has 0 fully saturated rings. The molecule has 0 bridgehead atoms. The van der Waals surface area contributed by atoms with Gasteiger partial charge in [0, 0.05) is 57.0 Å². The molecule has 0 aliphatic heterocycles. The molecule has 0 unspecified atom stereocenters. The SMILES string of the molecule is CCCCCCCCCC/C=C\CCCCCCCC(=O)O.CCCCCCCCCC/C=C\CCCCCCCC(=O)O.CCCCCCCCCC/C=C\CCCCCCCC(=O)O.[Ho].